The van der Waals surface area contributed by atoms with Crippen LogP contribution < -0.4 is 11.1 Å². The van der Waals surface area contributed by atoms with Crippen molar-refractivity contribution in [2.45, 2.75) is 25.8 Å². The number of carbonyl (C=O) groups is 1. The van der Waals surface area contributed by atoms with Crippen molar-refractivity contribution in [1.29, 1.82) is 0 Å². The smallest absolute Gasteiger partial charge is 0.243 e. The summed E-state index contributed by atoms with van der Waals surface area (Å²) >= 11 is 9.18. The SMILES string of the molecule is CSCC[C@H](N)C(=O)Nc1nc(C)c(Cc2cccc(Cl)c2)s1.Cl. The van der Waals surface area contributed by atoms with Gasteiger partial charge in [-0.05, 0) is 43.0 Å². The highest BCUT2D eigenvalue weighted by Gasteiger charge is 2.16. The number of nitrogens with zero attached hydrogens (tertiary/aromatic N) is 1. The molecule has 3 N–H and O–H groups in total. The van der Waals surface area contributed by atoms with E-state index >= 15 is 0 Å². The summed E-state index contributed by atoms with van der Waals surface area (Å²) in [6.45, 7) is 1.94. The molecule has 0 saturated heterocycles. The van der Waals surface area contributed by atoms with Gasteiger partial charge in [-0.3, -0.25) is 4.79 Å². The Bertz CT molecular complexity index is 679. The number of hydrogen-bond acceptors (Lipinski definition) is 5. The van der Waals surface area contributed by atoms with Crippen molar-refractivity contribution in [2.75, 3.05) is 17.3 Å². The minimum Gasteiger partial charge on any atom is -0.320 e. The molecule has 1 heterocycles. The summed E-state index contributed by atoms with van der Waals surface area (Å²) in [5.41, 5.74) is 7.92. The molecule has 0 spiro atoms. The van der Waals surface area contributed by atoms with E-state index in [0.29, 0.717) is 11.6 Å². The zero-order chi connectivity index (χ0) is 16.8. The number of hydrogen-bond donors (Lipinski definition) is 2. The van der Waals surface area contributed by atoms with Gasteiger partial charge in [0.25, 0.3) is 0 Å². The minimum absolute atomic E-state index is 0. The molecule has 1 aromatic heterocycles. The fourth-order valence-electron chi connectivity index (χ4n) is 2.05. The summed E-state index contributed by atoms with van der Waals surface area (Å²) in [6, 6.07) is 7.26. The highest BCUT2D eigenvalue weighted by molar-refractivity contribution is 7.98. The van der Waals surface area contributed by atoms with E-state index in [0.717, 1.165) is 33.3 Å². The van der Waals surface area contributed by atoms with Gasteiger partial charge in [0.05, 0.1) is 11.7 Å². The third-order valence-corrected chi connectivity index (χ3v) is 5.30. The number of nitrogens with one attached hydrogen (secondary N) is 1. The van der Waals surface area contributed by atoms with Crippen LogP contribution in [0.25, 0.3) is 0 Å². The standard InChI is InChI=1S/C16H20ClN3OS2.ClH/c1-10-14(9-11-4-3-5-12(17)8-11)23-16(19-10)20-15(21)13(18)6-7-22-2;/h3-5,8,13H,6-7,9,18H2,1-2H3,(H,19,20,21);1H/t13-;/m0./s1. The van der Waals surface area contributed by atoms with Crippen molar-refractivity contribution in [3.05, 3.63) is 45.4 Å². The third kappa shape index (κ3) is 6.26. The summed E-state index contributed by atoms with van der Waals surface area (Å²) in [5.74, 6) is 0.688. The molecule has 2 rings (SSSR count). The molecule has 2 aromatic rings. The van der Waals surface area contributed by atoms with Crippen LogP contribution in [0, 0.1) is 6.92 Å². The van der Waals surface area contributed by atoms with Crippen LogP contribution in [0.15, 0.2) is 24.3 Å². The quantitative estimate of drug-likeness (QED) is 0.725. The average molecular weight is 406 g/mol. The van der Waals surface area contributed by atoms with Crippen molar-refractivity contribution in [2.24, 2.45) is 5.73 Å². The summed E-state index contributed by atoms with van der Waals surface area (Å²) in [6.07, 6.45) is 3.40. The number of thiazole rings is 1. The second-order valence-corrected chi connectivity index (χ2v) is 7.72. The predicted molar refractivity (Wildman–Crippen MR) is 108 cm³/mol. The van der Waals surface area contributed by atoms with Gasteiger partial charge in [0.1, 0.15) is 0 Å². The number of anilines is 1. The number of carbonyl (C=O) groups excluding carboxylic acids is 1. The number of rotatable bonds is 7. The molecule has 24 heavy (non-hydrogen) atoms. The topological polar surface area (TPSA) is 68.0 Å². The van der Waals surface area contributed by atoms with Crippen LogP contribution in [-0.4, -0.2) is 28.9 Å². The lowest BCUT2D eigenvalue weighted by atomic mass is 10.1. The molecule has 0 fully saturated rings. The number of benzene rings is 1. The van der Waals surface area contributed by atoms with E-state index in [9.17, 15) is 4.79 Å². The van der Waals surface area contributed by atoms with E-state index in [-0.39, 0.29) is 18.3 Å². The van der Waals surface area contributed by atoms with Crippen molar-refractivity contribution >= 4 is 58.1 Å². The Hall–Kier alpha value is -0.790. The zero-order valence-corrected chi connectivity index (χ0v) is 16.7. The second kappa shape index (κ2) is 10.3. The Balaban J connectivity index is 0.00000288. The monoisotopic (exact) mass is 405 g/mol. The molecule has 1 aromatic carbocycles. The summed E-state index contributed by atoms with van der Waals surface area (Å²) < 4.78 is 0. The Morgan fingerprint density at radius 2 is 2.25 bits per heavy atom. The number of amides is 1. The Kier molecular flexibility index (Phi) is 9.08. The molecule has 0 aliphatic rings. The average Bonchev–Trinajstić information content (AvgIpc) is 2.84. The number of aryl methyl sites for hydroxylation is 1. The maximum absolute atomic E-state index is 12.0. The predicted octanol–water partition coefficient (Wildman–Crippen LogP) is 4.14. The maximum Gasteiger partial charge on any atom is 0.243 e. The largest absolute Gasteiger partial charge is 0.320 e. The van der Waals surface area contributed by atoms with Crippen molar-refractivity contribution in [3.63, 3.8) is 0 Å². The number of thioether (sulfide) groups is 1. The van der Waals surface area contributed by atoms with Gasteiger partial charge in [0, 0.05) is 16.3 Å². The number of halogens is 2. The normalized spacial score (nSPS) is 11.7. The zero-order valence-electron chi connectivity index (χ0n) is 13.5. The molecule has 0 radical (unpaired) electrons. The summed E-state index contributed by atoms with van der Waals surface area (Å²) in [5, 5.41) is 4.14. The lowest BCUT2D eigenvalue weighted by molar-refractivity contribution is -0.117. The molecular formula is C16H21Cl2N3OS2. The molecule has 0 bridgehead atoms. The van der Waals surface area contributed by atoms with Gasteiger partial charge >= 0.3 is 0 Å². The first-order valence-corrected chi connectivity index (χ1v) is 9.84. The van der Waals surface area contributed by atoms with Crippen LogP contribution in [0.1, 0.15) is 22.6 Å². The molecule has 0 unspecified atom stereocenters. The van der Waals surface area contributed by atoms with Crippen LogP contribution in [0.5, 0.6) is 0 Å². The number of nitrogens with two attached hydrogens (primary N) is 1. The fourth-order valence-corrected chi connectivity index (χ4v) is 3.75. The molecule has 0 aliphatic heterocycles. The van der Waals surface area contributed by atoms with Crippen molar-refractivity contribution < 1.29 is 4.79 Å². The fraction of sp³-hybridized carbons (Fsp3) is 0.375. The first-order chi connectivity index (χ1) is 11.0. The first kappa shape index (κ1) is 21.3. The minimum atomic E-state index is -0.497. The van der Waals surface area contributed by atoms with Gasteiger partial charge in [-0.1, -0.05) is 23.7 Å². The van der Waals surface area contributed by atoms with Gasteiger partial charge in [-0.15, -0.1) is 23.7 Å². The van der Waals surface area contributed by atoms with Crippen LogP contribution in [-0.2, 0) is 11.2 Å². The lowest BCUT2D eigenvalue weighted by Gasteiger charge is -2.09. The van der Waals surface area contributed by atoms with Crippen LogP contribution >= 0.6 is 47.1 Å². The van der Waals surface area contributed by atoms with Gasteiger partial charge in [-0.25, -0.2) is 4.98 Å². The molecule has 132 valence electrons. The maximum atomic E-state index is 12.0. The van der Waals surface area contributed by atoms with Crippen LogP contribution in [0.3, 0.4) is 0 Å². The van der Waals surface area contributed by atoms with E-state index in [4.69, 9.17) is 17.3 Å². The number of aromatic nitrogens is 1. The van der Waals surface area contributed by atoms with E-state index < -0.39 is 6.04 Å². The van der Waals surface area contributed by atoms with Crippen LogP contribution in [0.4, 0.5) is 5.13 Å². The second-order valence-electron chi connectivity index (χ2n) is 5.21. The van der Waals surface area contributed by atoms with E-state index in [1.165, 1.54) is 11.3 Å². The Morgan fingerprint density at radius 3 is 2.92 bits per heavy atom. The lowest BCUT2D eigenvalue weighted by Crippen LogP contribution is -2.36. The molecule has 1 atom stereocenters. The highest BCUT2D eigenvalue weighted by atomic mass is 35.5. The molecular weight excluding hydrogens is 385 g/mol. The first-order valence-electron chi connectivity index (χ1n) is 7.25. The van der Waals surface area contributed by atoms with E-state index in [2.05, 4.69) is 10.3 Å². The van der Waals surface area contributed by atoms with Crippen molar-refractivity contribution in [1.82, 2.24) is 4.98 Å². The summed E-state index contributed by atoms with van der Waals surface area (Å²) in [7, 11) is 0. The van der Waals surface area contributed by atoms with Crippen LogP contribution in [0.2, 0.25) is 5.02 Å². The third-order valence-electron chi connectivity index (χ3n) is 3.35. The highest BCUT2D eigenvalue weighted by Crippen LogP contribution is 2.26. The van der Waals surface area contributed by atoms with Gasteiger partial charge in [0.2, 0.25) is 5.91 Å². The van der Waals surface area contributed by atoms with Gasteiger partial charge < -0.3 is 11.1 Å². The molecule has 0 saturated carbocycles. The molecule has 0 aliphatic carbocycles. The van der Waals surface area contributed by atoms with Gasteiger partial charge in [0.15, 0.2) is 5.13 Å². The van der Waals surface area contributed by atoms with Gasteiger partial charge in [-0.2, -0.15) is 11.8 Å². The Labute approximate surface area is 162 Å². The van der Waals surface area contributed by atoms with Crippen molar-refractivity contribution in [3.8, 4) is 0 Å². The van der Waals surface area contributed by atoms with E-state index in [1.54, 1.807) is 11.8 Å². The molecule has 8 heteroatoms. The Morgan fingerprint density at radius 1 is 1.50 bits per heavy atom. The molecule has 1 amide bonds. The molecule has 4 nitrogen and oxygen atoms in total. The van der Waals surface area contributed by atoms with E-state index in [1.807, 2.05) is 37.4 Å². The summed E-state index contributed by atoms with van der Waals surface area (Å²) in [4.78, 5) is 17.6.